The average Bonchev–Trinajstić information content (AvgIpc) is 2.62. The van der Waals surface area contributed by atoms with Crippen LogP contribution in [-0.4, -0.2) is 33.9 Å². The van der Waals surface area contributed by atoms with Crippen LogP contribution in [0.1, 0.15) is 66.7 Å². The van der Waals surface area contributed by atoms with Crippen LogP contribution in [0.2, 0.25) is 0 Å². The number of hydrogen-bond donors (Lipinski definition) is 1. The first-order valence-corrected chi connectivity index (χ1v) is 9.44. The van der Waals surface area contributed by atoms with E-state index >= 15 is 0 Å². The van der Waals surface area contributed by atoms with Crippen LogP contribution in [0.5, 0.6) is 0 Å². The number of carbonyl (C=O) groups excluding carboxylic acids is 1. The number of amides is 1. The highest BCUT2D eigenvalue weighted by molar-refractivity contribution is 5.94. The van der Waals surface area contributed by atoms with Crippen LogP contribution in [0.15, 0.2) is 30.7 Å². The van der Waals surface area contributed by atoms with Crippen LogP contribution in [0.3, 0.4) is 0 Å². The quantitative estimate of drug-likeness (QED) is 0.912. The summed E-state index contributed by atoms with van der Waals surface area (Å²) in [7, 11) is 0. The summed E-state index contributed by atoms with van der Waals surface area (Å²) >= 11 is 0. The van der Waals surface area contributed by atoms with E-state index in [1.807, 2.05) is 20.0 Å². The second kappa shape index (κ2) is 8.74. The molecular weight excluding hydrogens is 326 g/mol. The van der Waals surface area contributed by atoms with Gasteiger partial charge in [0, 0.05) is 48.5 Å². The minimum atomic E-state index is -0.156. The predicted molar refractivity (Wildman–Crippen MR) is 102 cm³/mol. The number of aromatic nitrogens is 3. The molecule has 26 heavy (non-hydrogen) atoms. The minimum Gasteiger partial charge on any atom is -0.345 e. The van der Waals surface area contributed by atoms with Crippen molar-refractivity contribution in [1.82, 2.24) is 20.3 Å². The molecule has 1 fully saturated rings. The molecule has 1 unspecified atom stereocenters. The first-order chi connectivity index (χ1) is 12.6. The number of carbonyl (C=O) groups is 1. The number of pyridine rings is 1. The van der Waals surface area contributed by atoms with Gasteiger partial charge in [-0.05, 0) is 38.8 Å². The monoisotopic (exact) mass is 353 g/mol. The van der Waals surface area contributed by atoms with Crippen molar-refractivity contribution in [3.05, 3.63) is 47.5 Å². The second-order valence-corrected chi connectivity index (χ2v) is 6.90. The van der Waals surface area contributed by atoms with Crippen LogP contribution < -0.4 is 10.2 Å². The fraction of sp³-hybridized carbons (Fsp3) is 0.500. The van der Waals surface area contributed by atoms with Crippen molar-refractivity contribution >= 4 is 11.9 Å². The third-order valence-corrected chi connectivity index (χ3v) is 4.90. The van der Waals surface area contributed by atoms with E-state index in [2.05, 4.69) is 20.2 Å². The molecule has 1 aliphatic rings. The Balaban J connectivity index is 1.69. The predicted octanol–water partition coefficient (Wildman–Crippen LogP) is 3.44. The van der Waals surface area contributed by atoms with E-state index in [1.54, 1.807) is 24.5 Å². The summed E-state index contributed by atoms with van der Waals surface area (Å²) in [5, 5.41) is 3.01. The van der Waals surface area contributed by atoms with Crippen LogP contribution in [0, 0.1) is 6.92 Å². The topological polar surface area (TPSA) is 71.0 Å². The molecule has 0 saturated carbocycles. The highest BCUT2D eigenvalue weighted by atomic mass is 16.1. The van der Waals surface area contributed by atoms with Gasteiger partial charge in [-0.1, -0.05) is 19.3 Å². The Labute approximate surface area is 155 Å². The third kappa shape index (κ3) is 4.56. The fourth-order valence-electron chi connectivity index (χ4n) is 3.35. The first kappa shape index (κ1) is 18.3. The molecule has 6 heteroatoms. The molecule has 0 radical (unpaired) electrons. The van der Waals surface area contributed by atoms with Crippen LogP contribution >= 0.6 is 0 Å². The summed E-state index contributed by atoms with van der Waals surface area (Å²) < 4.78 is 0. The Kier molecular flexibility index (Phi) is 6.15. The van der Waals surface area contributed by atoms with E-state index < -0.39 is 0 Å². The lowest BCUT2D eigenvalue weighted by atomic mass is 10.1. The molecule has 1 atom stereocenters. The second-order valence-electron chi connectivity index (χ2n) is 6.90. The Morgan fingerprint density at radius 3 is 2.42 bits per heavy atom. The highest BCUT2D eigenvalue weighted by Crippen LogP contribution is 2.20. The lowest BCUT2D eigenvalue weighted by Crippen LogP contribution is -2.30. The van der Waals surface area contributed by atoms with Gasteiger partial charge in [0.05, 0.1) is 6.04 Å². The van der Waals surface area contributed by atoms with Crippen molar-refractivity contribution in [3.8, 4) is 0 Å². The molecule has 1 saturated heterocycles. The largest absolute Gasteiger partial charge is 0.345 e. The van der Waals surface area contributed by atoms with Gasteiger partial charge >= 0.3 is 0 Å². The van der Waals surface area contributed by atoms with Gasteiger partial charge < -0.3 is 10.2 Å². The fourth-order valence-corrected chi connectivity index (χ4v) is 3.35. The van der Waals surface area contributed by atoms with E-state index in [1.165, 1.54) is 32.1 Å². The Bertz CT molecular complexity index is 726. The number of hydrogen-bond acceptors (Lipinski definition) is 5. The van der Waals surface area contributed by atoms with Gasteiger partial charge in [0.1, 0.15) is 0 Å². The van der Waals surface area contributed by atoms with Crippen molar-refractivity contribution in [1.29, 1.82) is 0 Å². The van der Waals surface area contributed by atoms with E-state index in [0.717, 1.165) is 30.3 Å². The third-order valence-electron chi connectivity index (χ3n) is 4.90. The van der Waals surface area contributed by atoms with Gasteiger partial charge in [0.15, 0.2) is 0 Å². The molecule has 0 bridgehead atoms. The van der Waals surface area contributed by atoms with Gasteiger partial charge in [0.2, 0.25) is 5.95 Å². The summed E-state index contributed by atoms with van der Waals surface area (Å²) in [5.41, 5.74) is 2.46. The van der Waals surface area contributed by atoms with Crippen LogP contribution in [-0.2, 0) is 0 Å². The van der Waals surface area contributed by atoms with E-state index in [4.69, 9.17) is 4.98 Å². The van der Waals surface area contributed by atoms with Gasteiger partial charge in [-0.3, -0.25) is 9.78 Å². The number of aryl methyl sites for hydroxylation is 1. The van der Waals surface area contributed by atoms with E-state index in [9.17, 15) is 4.79 Å². The number of nitrogens with one attached hydrogen (secondary N) is 1. The molecule has 6 nitrogen and oxygen atoms in total. The first-order valence-electron chi connectivity index (χ1n) is 9.44. The summed E-state index contributed by atoms with van der Waals surface area (Å²) in [4.78, 5) is 27.9. The smallest absolute Gasteiger partial charge is 0.251 e. The van der Waals surface area contributed by atoms with Gasteiger partial charge in [0.25, 0.3) is 5.91 Å². The molecule has 1 N–H and O–H groups in total. The molecule has 138 valence electrons. The van der Waals surface area contributed by atoms with Crippen LogP contribution in [0.4, 0.5) is 5.95 Å². The zero-order valence-corrected chi connectivity index (χ0v) is 15.6. The van der Waals surface area contributed by atoms with Gasteiger partial charge in [-0.25, -0.2) is 9.97 Å². The van der Waals surface area contributed by atoms with Crippen molar-refractivity contribution in [3.63, 3.8) is 0 Å². The van der Waals surface area contributed by atoms with Crippen LogP contribution in [0.25, 0.3) is 0 Å². The summed E-state index contributed by atoms with van der Waals surface area (Å²) in [6, 6.07) is 3.25. The molecule has 0 aromatic carbocycles. The lowest BCUT2D eigenvalue weighted by Gasteiger charge is -2.25. The minimum absolute atomic E-state index is 0.118. The highest BCUT2D eigenvalue weighted by Gasteiger charge is 2.17. The number of anilines is 1. The average molecular weight is 353 g/mol. The molecule has 3 heterocycles. The molecular formula is C20H27N5O. The zero-order valence-electron chi connectivity index (χ0n) is 15.6. The zero-order chi connectivity index (χ0) is 18.4. The maximum atomic E-state index is 12.3. The van der Waals surface area contributed by atoms with E-state index in [-0.39, 0.29) is 11.9 Å². The maximum absolute atomic E-state index is 12.3. The van der Waals surface area contributed by atoms with E-state index in [0.29, 0.717) is 5.56 Å². The SMILES string of the molecule is Cc1nc(N2CCCCCCC2)ncc1C(C)NC(=O)c1ccncc1. The molecule has 2 aromatic heterocycles. The van der Waals surface area contributed by atoms with Crippen molar-refractivity contribution in [2.75, 3.05) is 18.0 Å². The maximum Gasteiger partial charge on any atom is 0.251 e. The molecule has 0 spiro atoms. The Morgan fingerprint density at radius 1 is 1.12 bits per heavy atom. The summed E-state index contributed by atoms with van der Waals surface area (Å²) in [6.07, 6.45) is 11.4. The molecule has 1 amide bonds. The normalized spacial score (nSPS) is 16.5. The molecule has 2 aromatic rings. The van der Waals surface area contributed by atoms with Gasteiger partial charge in [-0.2, -0.15) is 0 Å². The number of nitrogens with zero attached hydrogens (tertiary/aromatic N) is 4. The molecule has 1 aliphatic heterocycles. The lowest BCUT2D eigenvalue weighted by molar-refractivity contribution is 0.0939. The molecule has 0 aliphatic carbocycles. The van der Waals surface area contributed by atoms with Crippen molar-refractivity contribution < 1.29 is 4.79 Å². The Hall–Kier alpha value is -2.50. The Morgan fingerprint density at radius 2 is 1.77 bits per heavy atom. The van der Waals surface area contributed by atoms with Crippen molar-refractivity contribution in [2.45, 2.75) is 52.0 Å². The summed E-state index contributed by atoms with van der Waals surface area (Å²) in [5.74, 6) is 0.688. The van der Waals surface area contributed by atoms with Crippen molar-refractivity contribution in [2.24, 2.45) is 0 Å². The molecule has 3 rings (SSSR count). The summed E-state index contributed by atoms with van der Waals surface area (Å²) in [6.45, 7) is 5.99. The standard InChI is InChI=1S/C20H27N5O/c1-15(23-19(26)17-8-10-21-11-9-17)18-14-22-20(24-16(18)2)25-12-6-4-3-5-7-13-25/h8-11,14-15H,3-7,12-13H2,1-2H3,(H,23,26). The number of rotatable bonds is 4. The van der Waals surface area contributed by atoms with Gasteiger partial charge in [-0.15, -0.1) is 0 Å².